The fraction of sp³-hybridized carbons (Fsp3) is 0.625. The third-order valence-corrected chi connectivity index (χ3v) is 3.54. The van der Waals surface area contributed by atoms with Crippen molar-refractivity contribution < 1.29 is 9.47 Å². The quantitative estimate of drug-likeness (QED) is 0.782. The van der Waals surface area contributed by atoms with Gasteiger partial charge in [-0.15, -0.1) is 0 Å². The number of ether oxygens (including phenoxy) is 2. The molecule has 0 aliphatic carbocycles. The normalized spacial score (nSPS) is 17.2. The molecule has 1 aliphatic heterocycles. The van der Waals surface area contributed by atoms with Crippen LogP contribution in [0.1, 0.15) is 37.4 Å². The molecule has 0 amide bonds. The molecule has 1 aromatic rings. The highest BCUT2D eigenvalue weighted by Crippen LogP contribution is 2.17. The number of benzene rings is 1. The van der Waals surface area contributed by atoms with Crippen LogP contribution in [-0.2, 0) is 15.9 Å². The van der Waals surface area contributed by atoms with Crippen molar-refractivity contribution in [2.45, 2.75) is 38.8 Å². The van der Waals surface area contributed by atoms with E-state index in [-0.39, 0.29) is 6.04 Å². The second-order valence-electron chi connectivity index (χ2n) is 5.09. The van der Waals surface area contributed by atoms with Gasteiger partial charge >= 0.3 is 0 Å². The SMILES string of the molecule is CCCNC(COC1COC1)c1ccc(CC)cc1. The van der Waals surface area contributed by atoms with Gasteiger partial charge in [-0.1, -0.05) is 38.1 Å². The Balaban J connectivity index is 1.93. The van der Waals surface area contributed by atoms with Gasteiger partial charge < -0.3 is 14.8 Å². The summed E-state index contributed by atoms with van der Waals surface area (Å²) in [5.41, 5.74) is 2.69. The molecular weight excluding hydrogens is 238 g/mol. The predicted molar refractivity (Wildman–Crippen MR) is 77.4 cm³/mol. The van der Waals surface area contributed by atoms with Gasteiger partial charge in [-0.05, 0) is 30.5 Å². The lowest BCUT2D eigenvalue weighted by molar-refractivity contribution is -0.133. The average Bonchev–Trinajstić information content (AvgIpc) is 2.41. The highest BCUT2D eigenvalue weighted by atomic mass is 16.6. The average molecular weight is 263 g/mol. The van der Waals surface area contributed by atoms with E-state index < -0.39 is 0 Å². The minimum absolute atomic E-state index is 0.284. The molecule has 1 heterocycles. The first-order valence-corrected chi connectivity index (χ1v) is 7.35. The molecule has 1 atom stereocenters. The molecule has 106 valence electrons. The third kappa shape index (κ3) is 4.30. The molecule has 1 unspecified atom stereocenters. The highest BCUT2D eigenvalue weighted by Gasteiger charge is 2.21. The number of aryl methyl sites for hydroxylation is 1. The number of nitrogens with one attached hydrogen (secondary N) is 1. The molecule has 3 nitrogen and oxygen atoms in total. The zero-order valence-corrected chi connectivity index (χ0v) is 12.0. The van der Waals surface area contributed by atoms with Gasteiger partial charge in [0, 0.05) is 0 Å². The van der Waals surface area contributed by atoms with Gasteiger partial charge in [-0.25, -0.2) is 0 Å². The van der Waals surface area contributed by atoms with E-state index in [0.29, 0.717) is 6.10 Å². The smallest absolute Gasteiger partial charge is 0.104 e. The number of rotatable bonds is 8. The van der Waals surface area contributed by atoms with E-state index in [1.54, 1.807) is 0 Å². The van der Waals surface area contributed by atoms with E-state index in [9.17, 15) is 0 Å². The van der Waals surface area contributed by atoms with Crippen LogP contribution >= 0.6 is 0 Å². The van der Waals surface area contributed by atoms with E-state index >= 15 is 0 Å². The Morgan fingerprint density at radius 3 is 2.53 bits per heavy atom. The van der Waals surface area contributed by atoms with Crippen molar-refractivity contribution >= 4 is 0 Å². The van der Waals surface area contributed by atoms with E-state index in [2.05, 4.69) is 43.4 Å². The Bertz CT molecular complexity index is 360. The second kappa shape index (κ2) is 7.63. The Hall–Kier alpha value is -0.900. The summed E-state index contributed by atoms with van der Waals surface area (Å²) in [7, 11) is 0. The summed E-state index contributed by atoms with van der Waals surface area (Å²) < 4.78 is 11.0. The van der Waals surface area contributed by atoms with Crippen molar-refractivity contribution in [2.24, 2.45) is 0 Å². The molecule has 19 heavy (non-hydrogen) atoms. The summed E-state index contributed by atoms with van der Waals surface area (Å²) in [5, 5.41) is 3.56. The van der Waals surface area contributed by atoms with Crippen molar-refractivity contribution in [2.75, 3.05) is 26.4 Å². The van der Waals surface area contributed by atoms with Crippen LogP contribution in [0, 0.1) is 0 Å². The fourth-order valence-corrected chi connectivity index (χ4v) is 2.12. The van der Waals surface area contributed by atoms with Crippen molar-refractivity contribution in [3.8, 4) is 0 Å². The maximum atomic E-state index is 5.86. The van der Waals surface area contributed by atoms with E-state index in [0.717, 1.165) is 39.2 Å². The summed E-state index contributed by atoms with van der Waals surface area (Å²) in [6.45, 7) is 7.60. The van der Waals surface area contributed by atoms with Crippen LogP contribution in [0.25, 0.3) is 0 Å². The zero-order chi connectivity index (χ0) is 13.5. The molecular formula is C16H25NO2. The van der Waals surface area contributed by atoms with Crippen molar-refractivity contribution in [3.63, 3.8) is 0 Å². The largest absolute Gasteiger partial charge is 0.376 e. The molecule has 3 heteroatoms. The van der Waals surface area contributed by atoms with Gasteiger partial charge in [0.1, 0.15) is 6.10 Å². The lowest BCUT2D eigenvalue weighted by Crippen LogP contribution is -2.38. The van der Waals surface area contributed by atoms with E-state index in [1.807, 2.05) is 0 Å². The molecule has 1 N–H and O–H groups in total. The maximum absolute atomic E-state index is 5.86. The number of hydrogen-bond acceptors (Lipinski definition) is 3. The first kappa shape index (κ1) is 14.5. The monoisotopic (exact) mass is 263 g/mol. The van der Waals surface area contributed by atoms with Crippen LogP contribution < -0.4 is 5.32 Å². The van der Waals surface area contributed by atoms with E-state index in [4.69, 9.17) is 9.47 Å². The molecule has 0 saturated carbocycles. The maximum Gasteiger partial charge on any atom is 0.104 e. The molecule has 1 saturated heterocycles. The molecule has 0 aromatic heterocycles. The van der Waals surface area contributed by atoms with Gasteiger partial charge in [0.05, 0.1) is 25.9 Å². The Morgan fingerprint density at radius 1 is 1.26 bits per heavy atom. The topological polar surface area (TPSA) is 30.5 Å². The Morgan fingerprint density at radius 2 is 2.00 bits per heavy atom. The minimum Gasteiger partial charge on any atom is -0.376 e. The van der Waals surface area contributed by atoms with E-state index in [1.165, 1.54) is 11.1 Å². The molecule has 1 aliphatic rings. The number of hydrogen-bond donors (Lipinski definition) is 1. The standard InChI is InChI=1S/C16H25NO2/c1-3-9-17-16(12-19-15-10-18-11-15)14-7-5-13(4-2)6-8-14/h5-8,15-17H,3-4,9-12H2,1-2H3. The Labute approximate surface area is 116 Å². The molecule has 1 aromatic carbocycles. The molecule has 0 radical (unpaired) electrons. The molecule has 1 fully saturated rings. The highest BCUT2D eigenvalue weighted by molar-refractivity contribution is 5.25. The summed E-state index contributed by atoms with van der Waals surface area (Å²) in [5.74, 6) is 0. The first-order chi connectivity index (χ1) is 9.33. The first-order valence-electron chi connectivity index (χ1n) is 7.35. The lowest BCUT2D eigenvalue weighted by atomic mass is 10.0. The van der Waals surface area contributed by atoms with Crippen molar-refractivity contribution in [1.82, 2.24) is 5.32 Å². The second-order valence-corrected chi connectivity index (χ2v) is 5.09. The van der Waals surface area contributed by atoms with Gasteiger partial charge in [0.15, 0.2) is 0 Å². The Kier molecular flexibility index (Phi) is 5.83. The third-order valence-electron chi connectivity index (χ3n) is 3.54. The van der Waals surface area contributed by atoms with Gasteiger partial charge in [0.2, 0.25) is 0 Å². The molecule has 0 spiro atoms. The van der Waals surface area contributed by atoms with Crippen molar-refractivity contribution in [1.29, 1.82) is 0 Å². The summed E-state index contributed by atoms with van der Waals surface area (Å²) in [6.07, 6.45) is 2.51. The van der Waals surface area contributed by atoms with Gasteiger partial charge in [-0.3, -0.25) is 0 Å². The van der Waals surface area contributed by atoms with Crippen LogP contribution in [0.15, 0.2) is 24.3 Å². The van der Waals surface area contributed by atoms with Crippen LogP contribution in [0.5, 0.6) is 0 Å². The minimum atomic E-state index is 0.284. The summed E-state index contributed by atoms with van der Waals surface area (Å²) >= 11 is 0. The van der Waals surface area contributed by atoms with Gasteiger partial charge in [0.25, 0.3) is 0 Å². The van der Waals surface area contributed by atoms with Crippen LogP contribution in [-0.4, -0.2) is 32.5 Å². The molecule has 0 bridgehead atoms. The predicted octanol–water partition coefficient (Wildman–Crippen LogP) is 2.71. The van der Waals surface area contributed by atoms with Crippen LogP contribution in [0.3, 0.4) is 0 Å². The fourth-order valence-electron chi connectivity index (χ4n) is 2.12. The lowest BCUT2D eigenvalue weighted by Gasteiger charge is -2.28. The van der Waals surface area contributed by atoms with Crippen molar-refractivity contribution in [3.05, 3.63) is 35.4 Å². The summed E-state index contributed by atoms with van der Waals surface area (Å²) in [6, 6.07) is 9.14. The summed E-state index contributed by atoms with van der Waals surface area (Å²) in [4.78, 5) is 0. The van der Waals surface area contributed by atoms with Crippen LogP contribution in [0.4, 0.5) is 0 Å². The molecule has 2 rings (SSSR count). The van der Waals surface area contributed by atoms with Crippen LogP contribution in [0.2, 0.25) is 0 Å². The van der Waals surface area contributed by atoms with Gasteiger partial charge in [-0.2, -0.15) is 0 Å². The zero-order valence-electron chi connectivity index (χ0n) is 12.0.